The molecule has 3 nitrogen and oxygen atoms in total. The summed E-state index contributed by atoms with van der Waals surface area (Å²) in [5.74, 6) is -0.00694. The second-order valence-corrected chi connectivity index (χ2v) is 5.34. The van der Waals surface area contributed by atoms with Gasteiger partial charge < -0.3 is 11.1 Å². The van der Waals surface area contributed by atoms with Crippen LogP contribution in [-0.2, 0) is 4.79 Å². The summed E-state index contributed by atoms with van der Waals surface area (Å²) < 4.78 is 0. The molecule has 0 aliphatic heterocycles. The molecule has 0 spiro atoms. The fourth-order valence-electron chi connectivity index (χ4n) is 0.861. The van der Waals surface area contributed by atoms with Crippen LogP contribution in [0.4, 0.5) is 0 Å². The van der Waals surface area contributed by atoms with Crippen molar-refractivity contribution in [2.75, 3.05) is 6.54 Å². The van der Waals surface area contributed by atoms with Gasteiger partial charge in [0.1, 0.15) is 0 Å². The summed E-state index contributed by atoms with van der Waals surface area (Å²) in [5.41, 5.74) is 6.07. The molecular formula is C12H24N2O. The SMILES string of the molecule is CC(C)=CCNC(=O)C(C)(C)C(C)(C)N. The maximum absolute atomic E-state index is 11.9. The van der Waals surface area contributed by atoms with Crippen LogP contribution in [0, 0.1) is 5.41 Å². The van der Waals surface area contributed by atoms with Crippen LogP contribution in [0.2, 0.25) is 0 Å². The molecule has 3 heteroatoms. The molecule has 0 heterocycles. The average Bonchev–Trinajstić information content (AvgIpc) is 2.01. The number of hydrogen-bond acceptors (Lipinski definition) is 2. The fourth-order valence-corrected chi connectivity index (χ4v) is 0.861. The van der Waals surface area contributed by atoms with Crippen LogP contribution in [0.5, 0.6) is 0 Å². The van der Waals surface area contributed by atoms with Crippen molar-refractivity contribution in [3.63, 3.8) is 0 Å². The molecule has 0 rings (SSSR count). The second-order valence-electron chi connectivity index (χ2n) is 5.34. The largest absolute Gasteiger partial charge is 0.352 e. The Morgan fingerprint density at radius 1 is 1.27 bits per heavy atom. The molecule has 88 valence electrons. The van der Waals surface area contributed by atoms with Crippen molar-refractivity contribution in [2.24, 2.45) is 11.1 Å². The smallest absolute Gasteiger partial charge is 0.227 e. The van der Waals surface area contributed by atoms with Gasteiger partial charge in [0.2, 0.25) is 5.91 Å². The predicted molar refractivity (Wildman–Crippen MR) is 64.5 cm³/mol. The first-order valence-electron chi connectivity index (χ1n) is 5.29. The van der Waals surface area contributed by atoms with E-state index in [1.54, 1.807) is 0 Å². The molecule has 0 aliphatic carbocycles. The van der Waals surface area contributed by atoms with Gasteiger partial charge in [-0.2, -0.15) is 0 Å². The minimum Gasteiger partial charge on any atom is -0.352 e. The van der Waals surface area contributed by atoms with Gasteiger partial charge >= 0.3 is 0 Å². The Balaban J connectivity index is 4.40. The normalized spacial score (nSPS) is 12.2. The van der Waals surface area contributed by atoms with E-state index in [0.29, 0.717) is 6.54 Å². The van der Waals surface area contributed by atoms with Crippen LogP contribution in [0.1, 0.15) is 41.5 Å². The lowest BCUT2D eigenvalue weighted by Gasteiger charge is -2.36. The molecule has 1 amide bonds. The monoisotopic (exact) mass is 212 g/mol. The molecule has 0 aromatic rings. The molecule has 0 radical (unpaired) electrons. The summed E-state index contributed by atoms with van der Waals surface area (Å²) in [5, 5.41) is 2.87. The molecule has 0 aromatic heterocycles. The second kappa shape index (κ2) is 4.79. The molecule has 0 saturated carbocycles. The van der Waals surface area contributed by atoms with E-state index in [1.807, 2.05) is 47.6 Å². The highest BCUT2D eigenvalue weighted by atomic mass is 16.2. The standard InChI is InChI=1S/C12H24N2O/c1-9(2)7-8-14-10(15)11(3,4)12(5,6)13/h7H,8,13H2,1-6H3,(H,14,15). The molecule has 3 N–H and O–H groups in total. The Kier molecular flexibility index (Phi) is 4.53. The van der Waals surface area contributed by atoms with Crippen molar-refractivity contribution in [2.45, 2.75) is 47.1 Å². The summed E-state index contributed by atoms with van der Waals surface area (Å²) in [6.45, 7) is 12.0. The fraction of sp³-hybridized carbons (Fsp3) is 0.750. The first-order valence-corrected chi connectivity index (χ1v) is 5.29. The van der Waals surface area contributed by atoms with Gasteiger partial charge in [0.15, 0.2) is 0 Å². The van der Waals surface area contributed by atoms with Crippen molar-refractivity contribution in [3.8, 4) is 0 Å². The van der Waals surface area contributed by atoms with E-state index in [4.69, 9.17) is 5.73 Å². The number of carbonyl (C=O) groups excluding carboxylic acids is 1. The lowest BCUT2D eigenvalue weighted by Crippen LogP contribution is -2.55. The minimum atomic E-state index is -0.567. The molecule has 0 unspecified atom stereocenters. The molecule has 15 heavy (non-hydrogen) atoms. The van der Waals surface area contributed by atoms with Gasteiger partial charge in [-0.25, -0.2) is 0 Å². The van der Waals surface area contributed by atoms with Crippen molar-refractivity contribution in [1.29, 1.82) is 0 Å². The highest BCUT2D eigenvalue weighted by Crippen LogP contribution is 2.28. The van der Waals surface area contributed by atoms with E-state index in [9.17, 15) is 4.79 Å². The van der Waals surface area contributed by atoms with Crippen LogP contribution < -0.4 is 11.1 Å². The Morgan fingerprint density at radius 3 is 2.07 bits per heavy atom. The van der Waals surface area contributed by atoms with Gasteiger partial charge in [-0.15, -0.1) is 0 Å². The number of hydrogen-bond donors (Lipinski definition) is 2. The van der Waals surface area contributed by atoms with Crippen molar-refractivity contribution in [1.82, 2.24) is 5.32 Å². The minimum absolute atomic E-state index is 0.00694. The zero-order chi connectivity index (χ0) is 12.3. The third kappa shape index (κ3) is 4.04. The summed E-state index contributed by atoms with van der Waals surface area (Å²) in [4.78, 5) is 11.9. The van der Waals surface area contributed by atoms with Crippen molar-refractivity contribution < 1.29 is 4.79 Å². The zero-order valence-electron chi connectivity index (χ0n) is 10.8. The van der Waals surface area contributed by atoms with Crippen LogP contribution in [0.15, 0.2) is 11.6 Å². The summed E-state index contributed by atoms with van der Waals surface area (Å²) >= 11 is 0. The van der Waals surface area contributed by atoms with Crippen molar-refractivity contribution >= 4 is 5.91 Å². The molecule has 0 fully saturated rings. The van der Waals surface area contributed by atoms with Crippen LogP contribution >= 0.6 is 0 Å². The number of carbonyl (C=O) groups is 1. The van der Waals surface area contributed by atoms with E-state index in [1.165, 1.54) is 5.57 Å². The Morgan fingerprint density at radius 2 is 1.73 bits per heavy atom. The number of rotatable bonds is 4. The molecule has 0 atom stereocenters. The molecular weight excluding hydrogens is 188 g/mol. The van der Waals surface area contributed by atoms with Gasteiger partial charge in [-0.3, -0.25) is 4.79 Å². The van der Waals surface area contributed by atoms with Gasteiger partial charge in [-0.1, -0.05) is 11.6 Å². The van der Waals surface area contributed by atoms with E-state index in [0.717, 1.165) is 0 Å². The Hall–Kier alpha value is -0.830. The third-order valence-electron chi connectivity index (χ3n) is 2.95. The Bertz CT molecular complexity index is 255. The van der Waals surface area contributed by atoms with E-state index < -0.39 is 11.0 Å². The van der Waals surface area contributed by atoms with Crippen LogP contribution in [0.3, 0.4) is 0 Å². The summed E-state index contributed by atoms with van der Waals surface area (Å²) in [6, 6.07) is 0. The maximum Gasteiger partial charge on any atom is 0.227 e. The first-order chi connectivity index (χ1) is 6.59. The number of amides is 1. The van der Waals surface area contributed by atoms with Gasteiger partial charge in [0, 0.05) is 12.1 Å². The van der Waals surface area contributed by atoms with Gasteiger partial charge in [0.05, 0.1) is 5.41 Å². The molecule has 0 aliphatic rings. The average molecular weight is 212 g/mol. The predicted octanol–water partition coefficient (Wildman–Crippen LogP) is 1.83. The third-order valence-corrected chi connectivity index (χ3v) is 2.95. The lowest BCUT2D eigenvalue weighted by molar-refractivity contribution is -0.131. The highest BCUT2D eigenvalue weighted by molar-refractivity contribution is 5.83. The van der Waals surface area contributed by atoms with Crippen LogP contribution in [-0.4, -0.2) is 18.0 Å². The summed E-state index contributed by atoms with van der Waals surface area (Å²) in [7, 11) is 0. The lowest BCUT2D eigenvalue weighted by atomic mass is 9.74. The topological polar surface area (TPSA) is 55.1 Å². The molecule has 0 saturated heterocycles. The highest BCUT2D eigenvalue weighted by Gasteiger charge is 2.39. The first kappa shape index (κ1) is 14.2. The number of allylic oxidation sites excluding steroid dienone is 1. The van der Waals surface area contributed by atoms with E-state index in [-0.39, 0.29) is 5.91 Å². The quantitative estimate of drug-likeness (QED) is 0.699. The van der Waals surface area contributed by atoms with Crippen molar-refractivity contribution in [3.05, 3.63) is 11.6 Å². The van der Waals surface area contributed by atoms with Gasteiger partial charge in [-0.05, 0) is 41.5 Å². The molecule has 0 bridgehead atoms. The number of nitrogens with two attached hydrogens (primary N) is 1. The van der Waals surface area contributed by atoms with E-state index >= 15 is 0 Å². The Labute approximate surface area is 93.1 Å². The zero-order valence-corrected chi connectivity index (χ0v) is 10.8. The summed E-state index contributed by atoms with van der Waals surface area (Å²) in [6.07, 6.45) is 1.98. The molecule has 0 aromatic carbocycles. The van der Waals surface area contributed by atoms with Crippen LogP contribution in [0.25, 0.3) is 0 Å². The maximum atomic E-state index is 11.9. The number of nitrogens with one attached hydrogen (secondary N) is 1. The van der Waals surface area contributed by atoms with Gasteiger partial charge in [0.25, 0.3) is 0 Å². The van der Waals surface area contributed by atoms with E-state index in [2.05, 4.69) is 5.32 Å².